The van der Waals surface area contributed by atoms with E-state index < -0.39 is 0 Å². The van der Waals surface area contributed by atoms with Crippen LogP contribution in [-0.4, -0.2) is 4.98 Å². The lowest BCUT2D eigenvalue weighted by molar-refractivity contribution is 1.40. The van der Waals surface area contributed by atoms with Crippen molar-refractivity contribution < 1.29 is 0 Å². The molecule has 0 aliphatic heterocycles. The zero-order valence-corrected chi connectivity index (χ0v) is 10.5. The first kappa shape index (κ1) is 11.5. The number of anilines is 1. The Bertz CT molecular complexity index is 774. The van der Waals surface area contributed by atoms with Crippen LogP contribution >= 0.6 is 0 Å². The van der Waals surface area contributed by atoms with Gasteiger partial charge in [-0.05, 0) is 30.3 Å². The normalized spacial score (nSPS) is 10.8. The predicted molar refractivity (Wildman–Crippen MR) is 78.3 cm³/mol. The van der Waals surface area contributed by atoms with Crippen LogP contribution in [0.15, 0.2) is 47.6 Å². The molecule has 0 atom stereocenters. The van der Waals surface area contributed by atoms with E-state index in [0.29, 0.717) is 17.1 Å². The highest BCUT2D eigenvalue weighted by molar-refractivity contribution is 6.01. The van der Waals surface area contributed by atoms with Crippen LogP contribution in [0.5, 0.6) is 0 Å². The summed E-state index contributed by atoms with van der Waals surface area (Å²) in [6, 6.07) is 13.3. The zero-order valence-electron chi connectivity index (χ0n) is 10.5. The highest BCUT2D eigenvalue weighted by Crippen LogP contribution is 2.39. The van der Waals surface area contributed by atoms with Gasteiger partial charge in [-0.1, -0.05) is 29.8 Å². The fourth-order valence-corrected chi connectivity index (χ4v) is 2.30. The fourth-order valence-electron chi connectivity index (χ4n) is 2.30. The number of para-hydroxylation sites is 1. The molecule has 0 aliphatic rings. The van der Waals surface area contributed by atoms with Gasteiger partial charge in [0, 0.05) is 22.2 Å². The summed E-state index contributed by atoms with van der Waals surface area (Å²) in [4.78, 5) is 14.4. The average molecular weight is 251 g/mol. The number of hydrogen-bond donors (Lipinski definition) is 2. The molecule has 3 aromatic rings. The summed E-state index contributed by atoms with van der Waals surface area (Å²) in [6.45, 7) is 1.99. The van der Waals surface area contributed by atoms with E-state index >= 15 is 0 Å². The Kier molecular flexibility index (Phi) is 2.56. The first-order valence-electron chi connectivity index (χ1n) is 6.01. The maximum Gasteiger partial charge on any atom is 0.141 e. The van der Waals surface area contributed by atoms with Gasteiger partial charge in [-0.25, -0.2) is 0 Å². The smallest absolute Gasteiger partial charge is 0.141 e. The molecule has 3 N–H and O–H groups in total. The van der Waals surface area contributed by atoms with Crippen LogP contribution in [0.3, 0.4) is 0 Å². The van der Waals surface area contributed by atoms with Gasteiger partial charge in [-0.2, -0.15) is 0 Å². The second-order valence-electron chi connectivity index (χ2n) is 4.58. The molecule has 4 nitrogen and oxygen atoms in total. The van der Waals surface area contributed by atoms with Gasteiger partial charge in [0.25, 0.3) is 0 Å². The Hall–Kier alpha value is -2.62. The summed E-state index contributed by atoms with van der Waals surface area (Å²) in [5, 5.41) is 3.98. The van der Waals surface area contributed by atoms with Crippen molar-refractivity contribution in [3.05, 3.63) is 52.9 Å². The monoisotopic (exact) mass is 251 g/mol. The molecule has 94 valence electrons. The van der Waals surface area contributed by atoms with Crippen LogP contribution in [0, 0.1) is 11.8 Å². The molecule has 0 radical (unpaired) electrons. The third kappa shape index (κ3) is 1.78. The van der Waals surface area contributed by atoms with Crippen molar-refractivity contribution in [2.45, 2.75) is 6.92 Å². The van der Waals surface area contributed by atoms with E-state index in [1.807, 2.05) is 49.4 Å². The van der Waals surface area contributed by atoms with Gasteiger partial charge in [0.05, 0.1) is 5.69 Å². The van der Waals surface area contributed by atoms with Crippen molar-refractivity contribution in [3.8, 4) is 11.3 Å². The second kappa shape index (κ2) is 4.24. The largest absolute Gasteiger partial charge is 0.398 e. The fraction of sp³-hybridized carbons (Fsp3) is 0.0667. The number of nitroso groups, excluding NO2 is 1. The molecule has 0 saturated heterocycles. The van der Waals surface area contributed by atoms with E-state index in [4.69, 9.17) is 5.73 Å². The van der Waals surface area contributed by atoms with E-state index in [1.165, 1.54) is 0 Å². The minimum atomic E-state index is 0.410. The third-order valence-corrected chi connectivity index (χ3v) is 3.25. The minimum Gasteiger partial charge on any atom is -0.398 e. The molecule has 2 aromatic carbocycles. The van der Waals surface area contributed by atoms with Crippen LogP contribution in [0.1, 0.15) is 5.56 Å². The van der Waals surface area contributed by atoms with E-state index in [9.17, 15) is 4.91 Å². The SMILES string of the molecule is Cc1ccc(N)c(-c2[nH]c3ccccc3c2N=O)c1. The van der Waals surface area contributed by atoms with Gasteiger partial charge in [-0.15, -0.1) is 4.91 Å². The number of benzene rings is 2. The van der Waals surface area contributed by atoms with Gasteiger partial charge in [0.1, 0.15) is 5.69 Å². The standard InChI is InChI=1S/C15H13N3O/c1-9-6-7-12(16)11(8-9)14-15(18-19)10-4-2-3-5-13(10)17-14/h2-8,17H,16H2,1H3. The maximum absolute atomic E-state index is 11.2. The van der Waals surface area contributed by atoms with Crippen molar-refractivity contribution in [1.29, 1.82) is 0 Å². The van der Waals surface area contributed by atoms with Crippen molar-refractivity contribution in [1.82, 2.24) is 4.98 Å². The Morgan fingerprint density at radius 3 is 2.74 bits per heavy atom. The molecule has 0 aliphatic carbocycles. The molecule has 0 fully saturated rings. The number of aryl methyl sites for hydroxylation is 1. The summed E-state index contributed by atoms with van der Waals surface area (Å²) in [5.74, 6) is 0. The average Bonchev–Trinajstić information content (AvgIpc) is 2.79. The molecule has 0 spiro atoms. The van der Waals surface area contributed by atoms with Crippen LogP contribution in [-0.2, 0) is 0 Å². The number of aromatic nitrogens is 1. The van der Waals surface area contributed by atoms with Crippen molar-refractivity contribution in [2.24, 2.45) is 5.18 Å². The summed E-state index contributed by atoms with van der Waals surface area (Å²) in [6.07, 6.45) is 0. The third-order valence-electron chi connectivity index (χ3n) is 3.25. The van der Waals surface area contributed by atoms with Crippen LogP contribution < -0.4 is 5.73 Å². The van der Waals surface area contributed by atoms with Crippen LogP contribution in [0.4, 0.5) is 11.4 Å². The van der Waals surface area contributed by atoms with E-state index in [-0.39, 0.29) is 0 Å². The lowest BCUT2D eigenvalue weighted by Gasteiger charge is -2.05. The zero-order chi connectivity index (χ0) is 13.4. The lowest BCUT2D eigenvalue weighted by atomic mass is 10.1. The molecule has 19 heavy (non-hydrogen) atoms. The number of fused-ring (bicyclic) bond motifs is 1. The molecule has 1 aromatic heterocycles. The van der Waals surface area contributed by atoms with Gasteiger partial charge < -0.3 is 10.7 Å². The number of nitrogens with zero attached hydrogens (tertiary/aromatic N) is 1. The highest BCUT2D eigenvalue weighted by atomic mass is 16.3. The topological polar surface area (TPSA) is 71.2 Å². The molecular weight excluding hydrogens is 238 g/mol. The van der Waals surface area contributed by atoms with Crippen LogP contribution in [0.25, 0.3) is 22.2 Å². The van der Waals surface area contributed by atoms with Crippen molar-refractivity contribution in [2.75, 3.05) is 5.73 Å². The molecule has 3 rings (SSSR count). The molecule has 1 heterocycles. The molecule has 0 bridgehead atoms. The Labute approximate surface area is 110 Å². The van der Waals surface area contributed by atoms with Crippen molar-refractivity contribution >= 4 is 22.3 Å². The Morgan fingerprint density at radius 2 is 1.95 bits per heavy atom. The summed E-state index contributed by atoms with van der Waals surface area (Å²) in [5.41, 5.74) is 10.5. The molecular formula is C15H13N3O. The molecule has 0 amide bonds. The van der Waals surface area contributed by atoms with Gasteiger partial charge in [0.15, 0.2) is 0 Å². The molecule has 0 saturated carbocycles. The van der Waals surface area contributed by atoms with Gasteiger partial charge in [-0.3, -0.25) is 0 Å². The highest BCUT2D eigenvalue weighted by Gasteiger charge is 2.15. The first-order valence-corrected chi connectivity index (χ1v) is 6.01. The number of nitrogens with two attached hydrogens (primary N) is 1. The number of rotatable bonds is 2. The number of hydrogen-bond acceptors (Lipinski definition) is 3. The molecule has 4 heteroatoms. The lowest BCUT2D eigenvalue weighted by Crippen LogP contribution is -1.91. The summed E-state index contributed by atoms with van der Waals surface area (Å²) >= 11 is 0. The number of nitrogens with one attached hydrogen (secondary N) is 1. The predicted octanol–water partition coefficient (Wildman–Crippen LogP) is 4.12. The quantitative estimate of drug-likeness (QED) is 0.531. The number of nitrogen functional groups attached to an aromatic ring is 1. The number of aromatic amines is 1. The minimum absolute atomic E-state index is 0.410. The van der Waals surface area contributed by atoms with E-state index in [0.717, 1.165) is 22.0 Å². The second-order valence-corrected chi connectivity index (χ2v) is 4.58. The van der Waals surface area contributed by atoms with Gasteiger partial charge in [0.2, 0.25) is 0 Å². The van der Waals surface area contributed by atoms with E-state index in [2.05, 4.69) is 10.2 Å². The summed E-state index contributed by atoms with van der Waals surface area (Å²) in [7, 11) is 0. The van der Waals surface area contributed by atoms with E-state index in [1.54, 1.807) is 0 Å². The molecule has 0 unspecified atom stereocenters. The maximum atomic E-state index is 11.2. The van der Waals surface area contributed by atoms with Crippen molar-refractivity contribution in [3.63, 3.8) is 0 Å². The first-order chi connectivity index (χ1) is 9.20. The Morgan fingerprint density at radius 1 is 1.16 bits per heavy atom. The van der Waals surface area contributed by atoms with Crippen LogP contribution in [0.2, 0.25) is 0 Å². The van der Waals surface area contributed by atoms with Gasteiger partial charge >= 0.3 is 0 Å². The Balaban J connectivity index is 2.36. The summed E-state index contributed by atoms with van der Waals surface area (Å²) < 4.78 is 0. The number of H-pyrrole nitrogens is 1.